The molecule has 1 aromatic carbocycles. The van der Waals surface area contributed by atoms with E-state index in [4.69, 9.17) is 9.84 Å². The van der Waals surface area contributed by atoms with Crippen molar-refractivity contribution in [2.24, 2.45) is 0 Å². The van der Waals surface area contributed by atoms with Gasteiger partial charge in [0.15, 0.2) is 6.10 Å². The molecule has 5 heteroatoms. The van der Waals surface area contributed by atoms with Crippen LogP contribution >= 0.6 is 0 Å². The Kier molecular flexibility index (Phi) is 4.90. The van der Waals surface area contributed by atoms with Gasteiger partial charge in [0.25, 0.3) is 5.91 Å². The normalized spacial score (nSPS) is 13.9. The molecular formula is C12H16FNO3. The van der Waals surface area contributed by atoms with Gasteiger partial charge in [-0.25, -0.2) is 4.39 Å². The van der Waals surface area contributed by atoms with Gasteiger partial charge in [-0.2, -0.15) is 0 Å². The fourth-order valence-corrected chi connectivity index (χ4v) is 1.18. The van der Waals surface area contributed by atoms with E-state index in [2.05, 4.69) is 5.32 Å². The van der Waals surface area contributed by atoms with E-state index in [9.17, 15) is 9.18 Å². The Morgan fingerprint density at radius 1 is 1.41 bits per heavy atom. The molecule has 0 aromatic heterocycles. The third-order valence-electron chi connectivity index (χ3n) is 2.16. The summed E-state index contributed by atoms with van der Waals surface area (Å²) in [5.41, 5.74) is 0. The predicted molar refractivity (Wildman–Crippen MR) is 61.2 cm³/mol. The zero-order valence-electron chi connectivity index (χ0n) is 9.81. The summed E-state index contributed by atoms with van der Waals surface area (Å²) in [5.74, 6) is -0.259. The van der Waals surface area contributed by atoms with Crippen LogP contribution in [0, 0.1) is 5.82 Å². The molecule has 0 aliphatic rings. The Labute approximate surface area is 99.4 Å². The van der Waals surface area contributed by atoms with Gasteiger partial charge in [-0.15, -0.1) is 0 Å². The first-order valence-corrected chi connectivity index (χ1v) is 5.36. The number of aliphatic hydroxyl groups excluding tert-OH is 1. The molecule has 2 atom stereocenters. The van der Waals surface area contributed by atoms with Crippen molar-refractivity contribution in [3.63, 3.8) is 0 Å². The molecule has 0 bridgehead atoms. The topological polar surface area (TPSA) is 58.6 Å². The maximum atomic E-state index is 12.6. The molecule has 1 aromatic rings. The zero-order valence-corrected chi connectivity index (χ0v) is 9.81. The first-order valence-electron chi connectivity index (χ1n) is 5.36. The van der Waals surface area contributed by atoms with Crippen molar-refractivity contribution < 1.29 is 19.0 Å². The van der Waals surface area contributed by atoms with Crippen LogP contribution in [0.4, 0.5) is 4.39 Å². The lowest BCUT2D eigenvalue weighted by Gasteiger charge is -2.17. The molecule has 0 radical (unpaired) electrons. The minimum atomic E-state index is -0.700. The maximum Gasteiger partial charge on any atom is 0.261 e. The number of ether oxygens (including phenoxy) is 1. The molecule has 0 aliphatic heterocycles. The molecule has 0 heterocycles. The summed E-state index contributed by atoms with van der Waals surface area (Å²) in [4.78, 5) is 11.6. The third-order valence-corrected chi connectivity index (χ3v) is 2.16. The standard InChI is InChI=1S/C12H16FNO3/c1-8(7-15)14-12(16)9(2)17-11-5-3-10(13)4-6-11/h3-6,8-9,15H,7H2,1-2H3,(H,14,16)/t8-,9?/m1/s1. The summed E-state index contributed by atoms with van der Waals surface area (Å²) < 4.78 is 18.0. The van der Waals surface area contributed by atoms with Gasteiger partial charge in [0.1, 0.15) is 11.6 Å². The van der Waals surface area contributed by atoms with Crippen LogP contribution in [-0.2, 0) is 4.79 Å². The van der Waals surface area contributed by atoms with E-state index >= 15 is 0 Å². The third kappa shape index (κ3) is 4.40. The largest absolute Gasteiger partial charge is 0.481 e. The highest BCUT2D eigenvalue weighted by atomic mass is 19.1. The van der Waals surface area contributed by atoms with Crippen molar-refractivity contribution in [3.05, 3.63) is 30.1 Å². The molecule has 2 N–H and O–H groups in total. The summed E-state index contributed by atoms with van der Waals surface area (Å²) in [6.45, 7) is 3.14. The van der Waals surface area contributed by atoms with Gasteiger partial charge >= 0.3 is 0 Å². The first-order chi connectivity index (χ1) is 8.02. The van der Waals surface area contributed by atoms with Crippen LogP contribution in [0.2, 0.25) is 0 Å². The molecule has 1 rings (SSSR count). The van der Waals surface area contributed by atoms with Crippen molar-refractivity contribution in [3.8, 4) is 5.75 Å². The zero-order chi connectivity index (χ0) is 12.8. The van der Waals surface area contributed by atoms with Crippen molar-refractivity contribution in [2.75, 3.05) is 6.61 Å². The number of amides is 1. The van der Waals surface area contributed by atoms with Crippen LogP contribution in [0.3, 0.4) is 0 Å². The minimum absolute atomic E-state index is 0.130. The quantitative estimate of drug-likeness (QED) is 0.811. The monoisotopic (exact) mass is 241 g/mol. The van der Waals surface area contributed by atoms with Crippen LogP contribution in [0.5, 0.6) is 5.75 Å². The van der Waals surface area contributed by atoms with Crippen LogP contribution in [-0.4, -0.2) is 29.8 Å². The second kappa shape index (κ2) is 6.20. The Bertz CT molecular complexity index is 367. The number of hydrogen-bond donors (Lipinski definition) is 2. The van der Waals surface area contributed by atoms with Crippen LogP contribution in [0.25, 0.3) is 0 Å². The molecule has 0 aliphatic carbocycles. The number of nitrogens with one attached hydrogen (secondary N) is 1. The van der Waals surface area contributed by atoms with E-state index < -0.39 is 6.10 Å². The average Bonchev–Trinajstić information content (AvgIpc) is 2.31. The fourth-order valence-electron chi connectivity index (χ4n) is 1.18. The molecular weight excluding hydrogens is 225 g/mol. The molecule has 1 unspecified atom stereocenters. The van der Waals surface area contributed by atoms with E-state index in [1.807, 2.05) is 0 Å². The van der Waals surface area contributed by atoms with Gasteiger partial charge in [0, 0.05) is 6.04 Å². The summed E-state index contributed by atoms with van der Waals surface area (Å²) in [7, 11) is 0. The highest BCUT2D eigenvalue weighted by Crippen LogP contribution is 2.12. The van der Waals surface area contributed by atoms with E-state index in [1.54, 1.807) is 13.8 Å². The van der Waals surface area contributed by atoms with Crippen LogP contribution in [0.1, 0.15) is 13.8 Å². The number of aliphatic hydroxyl groups is 1. The number of rotatable bonds is 5. The number of hydrogen-bond acceptors (Lipinski definition) is 3. The molecule has 94 valence electrons. The van der Waals surface area contributed by atoms with E-state index in [-0.39, 0.29) is 24.4 Å². The Hall–Kier alpha value is -1.62. The Morgan fingerprint density at radius 3 is 2.53 bits per heavy atom. The SMILES string of the molecule is CC(Oc1ccc(F)cc1)C(=O)N[C@H](C)CO. The minimum Gasteiger partial charge on any atom is -0.481 e. The smallest absolute Gasteiger partial charge is 0.261 e. The first kappa shape index (κ1) is 13.4. The summed E-state index contributed by atoms with van der Waals surface area (Å²) in [6.07, 6.45) is -0.700. The van der Waals surface area contributed by atoms with E-state index in [1.165, 1.54) is 24.3 Å². The highest BCUT2D eigenvalue weighted by molar-refractivity contribution is 5.80. The van der Waals surface area contributed by atoms with E-state index in [0.29, 0.717) is 5.75 Å². The second-order valence-electron chi connectivity index (χ2n) is 3.81. The summed E-state index contributed by atoms with van der Waals surface area (Å²) in [6, 6.07) is 5.11. The molecule has 0 saturated heterocycles. The van der Waals surface area contributed by atoms with Crippen molar-refractivity contribution in [1.29, 1.82) is 0 Å². The van der Waals surface area contributed by atoms with E-state index in [0.717, 1.165) is 0 Å². The van der Waals surface area contributed by atoms with Crippen molar-refractivity contribution in [1.82, 2.24) is 5.32 Å². The predicted octanol–water partition coefficient (Wildman–Crippen LogP) is 1.09. The number of benzene rings is 1. The highest BCUT2D eigenvalue weighted by Gasteiger charge is 2.16. The summed E-state index contributed by atoms with van der Waals surface area (Å²) >= 11 is 0. The average molecular weight is 241 g/mol. The van der Waals surface area contributed by atoms with Crippen LogP contribution in [0.15, 0.2) is 24.3 Å². The molecule has 4 nitrogen and oxygen atoms in total. The number of carbonyl (C=O) groups is 1. The van der Waals surface area contributed by atoms with Gasteiger partial charge in [0.2, 0.25) is 0 Å². The molecule has 0 fully saturated rings. The lowest BCUT2D eigenvalue weighted by Crippen LogP contribution is -2.42. The Morgan fingerprint density at radius 2 is 2.00 bits per heavy atom. The number of carbonyl (C=O) groups excluding carboxylic acids is 1. The van der Waals surface area contributed by atoms with Gasteiger partial charge in [-0.1, -0.05) is 0 Å². The van der Waals surface area contributed by atoms with Crippen molar-refractivity contribution in [2.45, 2.75) is 26.0 Å². The lowest BCUT2D eigenvalue weighted by atomic mass is 10.3. The second-order valence-corrected chi connectivity index (χ2v) is 3.81. The number of halogens is 1. The molecule has 0 saturated carbocycles. The molecule has 17 heavy (non-hydrogen) atoms. The molecule has 0 spiro atoms. The maximum absolute atomic E-state index is 12.6. The van der Waals surface area contributed by atoms with Gasteiger partial charge in [0.05, 0.1) is 6.61 Å². The van der Waals surface area contributed by atoms with Gasteiger partial charge < -0.3 is 15.2 Å². The van der Waals surface area contributed by atoms with Gasteiger partial charge in [-0.3, -0.25) is 4.79 Å². The summed E-state index contributed by atoms with van der Waals surface area (Å²) in [5, 5.41) is 11.4. The van der Waals surface area contributed by atoms with Crippen LogP contribution < -0.4 is 10.1 Å². The Balaban J connectivity index is 2.51. The molecule has 1 amide bonds. The van der Waals surface area contributed by atoms with Crippen molar-refractivity contribution >= 4 is 5.91 Å². The lowest BCUT2D eigenvalue weighted by molar-refractivity contribution is -0.128. The van der Waals surface area contributed by atoms with Gasteiger partial charge in [-0.05, 0) is 38.1 Å². The fraction of sp³-hybridized carbons (Fsp3) is 0.417.